The molecule has 52 heavy (non-hydrogen) atoms. The van der Waals surface area contributed by atoms with Crippen molar-refractivity contribution in [3.8, 4) is 0 Å². The van der Waals surface area contributed by atoms with Gasteiger partial charge in [-0.2, -0.15) is 0 Å². The van der Waals surface area contributed by atoms with Crippen molar-refractivity contribution < 1.29 is 64.2 Å². The normalized spacial score (nSPS) is 58.9. The summed E-state index contributed by atoms with van der Waals surface area (Å²) in [6.45, 7) is 10.9. The molecule has 296 valence electrons. The summed E-state index contributed by atoms with van der Waals surface area (Å²) in [4.78, 5) is 0. The molecule has 12 unspecified atom stereocenters. The van der Waals surface area contributed by atoms with Gasteiger partial charge in [-0.3, -0.25) is 0 Å². The van der Waals surface area contributed by atoms with Gasteiger partial charge >= 0.3 is 0 Å². The molecule has 0 bridgehead atoms. The molecular formula is C39H62O13. The van der Waals surface area contributed by atoms with Crippen LogP contribution >= 0.6 is 0 Å². The van der Waals surface area contributed by atoms with Crippen LogP contribution in [0.5, 0.6) is 0 Å². The predicted molar refractivity (Wildman–Crippen MR) is 183 cm³/mol. The Labute approximate surface area is 306 Å². The number of rotatable bonds is 5. The summed E-state index contributed by atoms with van der Waals surface area (Å²) in [6.07, 6.45) is -4.13. The van der Waals surface area contributed by atoms with E-state index in [1.165, 1.54) is 12.5 Å². The SMILES string of the molecule is CC1CC[C@@]2(OC1)O[C@H]1C[C@@]3(O)[C@@H]4CC=C5C[C@@H](OC6OC(CO)C(O)C(O)C6OC6OC(C)C(O)C(O)C6O)CC[C@]5(C)[C@H]4CC[C@]3(C)C1[C@@H]2C. The van der Waals surface area contributed by atoms with Crippen LogP contribution in [0.2, 0.25) is 0 Å². The smallest absolute Gasteiger partial charge is 0.187 e. The van der Waals surface area contributed by atoms with E-state index in [0.29, 0.717) is 31.1 Å². The highest BCUT2D eigenvalue weighted by Crippen LogP contribution is 2.72. The third kappa shape index (κ3) is 5.58. The van der Waals surface area contributed by atoms with E-state index in [-0.39, 0.29) is 40.8 Å². The zero-order valence-corrected chi connectivity index (χ0v) is 31.3. The summed E-state index contributed by atoms with van der Waals surface area (Å²) < 4.78 is 37.4. The summed E-state index contributed by atoms with van der Waals surface area (Å²) in [5, 5.41) is 75.8. The zero-order valence-electron chi connectivity index (χ0n) is 31.3. The number of aliphatic hydroxyl groups excluding tert-OH is 6. The molecule has 21 atom stereocenters. The third-order valence-corrected chi connectivity index (χ3v) is 15.7. The highest BCUT2D eigenvalue weighted by Gasteiger charge is 2.74. The van der Waals surface area contributed by atoms with Crippen molar-refractivity contribution in [1.82, 2.24) is 0 Å². The van der Waals surface area contributed by atoms with Gasteiger partial charge in [-0.1, -0.05) is 39.3 Å². The lowest BCUT2D eigenvalue weighted by Gasteiger charge is -2.62. The largest absolute Gasteiger partial charge is 0.394 e. The second-order valence-electron chi connectivity index (χ2n) is 18.4. The fourth-order valence-electron chi connectivity index (χ4n) is 12.5. The van der Waals surface area contributed by atoms with Gasteiger partial charge in [0.25, 0.3) is 0 Å². The fourth-order valence-corrected chi connectivity index (χ4v) is 12.5. The monoisotopic (exact) mass is 738 g/mol. The number of fused-ring (bicyclic) bond motifs is 7. The molecule has 7 fully saturated rings. The van der Waals surface area contributed by atoms with E-state index in [1.807, 2.05) is 0 Å². The van der Waals surface area contributed by atoms with Crippen LogP contribution in [0.3, 0.4) is 0 Å². The maximum absolute atomic E-state index is 12.9. The maximum Gasteiger partial charge on any atom is 0.187 e. The molecule has 1 spiro atoms. The molecule has 0 amide bonds. The van der Waals surface area contributed by atoms with Crippen LogP contribution in [0.25, 0.3) is 0 Å². The van der Waals surface area contributed by atoms with Crippen LogP contribution < -0.4 is 0 Å². The molecule has 8 rings (SSSR count). The van der Waals surface area contributed by atoms with Crippen LogP contribution in [0.15, 0.2) is 11.6 Å². The Kier molecular flexibility index (Phi) is 9.83. The van der Waals surface area contributed by atoms with E-state index >= 15 is 0 Å². The van der Waals surface area contributed by atoms with E-state index in [4.69, 9.17) is 28.4 Å². The summed E-state index contributed by atoms with van der Waals surface area (Å²) in [5.41, 5.74) is 0.0478. The second-order valence-corrected chi connectivity index (χ2v) is 18.4. The quantitative estimate of drug-likeness (QED) is 0.201. The number of hydrogen-bond acceptors (Lipinski definition) is 13. The van der Waals surface area contributed by atoms with Gasteiger partial charge in [0, 0.05) is 30.1 Å². The van der Waals surface area contributed by atoms with Crippen LogP contribution in [-0.4, -0.2) is 134 Å². The zero-order chi connectivity index (χ0) is 37.1. The third-order valence-electron chi connectivity index (χ3n) is 15.7. The van der Waals surface area contributed by atoms with Gasteiger partial charge in [-0.15, -0.1) is 0 Å². The first-order valence-electron chi connectivity index (χ1n) is 19.9. The lowest BCUT2D eigenvalue weighted by atomic mass is 9.45. The Morgan fingerprint density at radius 3 is 2.31 bits per heavy atom. The van der Waals surface area contributed by atoms with Gasteiger partial charge in [0.1, 0.15) is 42.7 Å². The molecule has 7 N–H and O–H groups in total. The Morgan fingerprint density at radius 1 is 0.827 bits per heavy atom. The average molecular weight is 739 g/mol. The predicted octanol–water partition coefficient (Wildman–Crippen LogP) is 1.50. The second kappa shape index (κ2) is 13.4. The Hall–Kier alpha value is -0.780. The average Bonchev–Trinajstić information content (AvgIpc) is 3.51. The summed E-state index contributed by atoms with van der Waals surface area (Å²) in [5.74, 6) is 0.876. The molecule has 4 saturated heterocycles. The van der Waals surface area contributed by atoms with Crippen LogP contribution in [0, 0.1) is 40.4 Å². The molecule has 0 aromatic rings. The topological polar surface area (TPSA) is 197 Å². The molecule has 3 saturated carbocycles. The minimum absolute atomic E-state index is 0.0154. The van der Waals surface area contributed by atoms with E-state index in [9.17, 15) is 35.7 Å². The van der Waals surface area contributed by atoms with Gasteiger partial charge in [-0.05, 0) is 75.0 Å². The van der Waals surface area contributed by atoms with Crippen molar-refractivity contribution in [2.24, 2.45) is 40.4 Å². The first kappa shape index (κ1) is 38.1. The van der Waals surface area contributed by atoms with Crippen molar-refractivity contribution >= 4 is 0 Å². The van der Waals surface area contributed by atoms with E-state index < -0.39 is 79.4 Å². The van der Waals surface area contributed by atoms with Crippen LogP contribution in [-0.2, 0) is 28.4 Å². The molecule has 0 aromatic heterocycles. The molecule has 0 radical (unpaired) electrons. The molecule has 13 nitrogen and oxygen atoms in total. The van der Waals surface area contributed by atoms with Gasteiger partial charge in [-0.25, -0.2) is 0 Å². The number of allylic oxidation sites excluding steroid dienone is 1. The van der Waals surface area contributed by atoms with Crippen LogP contribution in [0.1, 0.15) is 92.4 Å². The molecule has 4 aliphatic carbocycles. The highest BCUT2D eigenvalue weighted by molar-refractivity contribution is 5.29. The number of hydrogen-bond donors (Lipinski definition) is 7. The van der Waals surface area contributed by atoms with Gasteiger partial charge < -0.3 is 64.2 Å². The first-order valence-corrected chi connectivity index (χ1v) is 19.9. The van der Waals surface area contributed by atoms with Crippen molar-refractivity contribution in [3.05, 3.63) is 11.6 Å². The lowest BCUT2D eigenvalue weighted by Crippen LogP contribution is -2.64. The molecule has 4 aliphatic heterocycles. The first-order chi connectivity index (χ1) is 24.6. The van der Waals surface area contributed by atoms with Gasteiger partial charge in [0.05, 0.1) is 37.1 Å². The van der Waals surface area contributed by atoms with E-state index in [1.54, 1.807) is 0 Å². The Bertz CT molecular complexity index is 1350. The standard InChI is InChI=1S/C39H62O13/c1-18-8-13-39(47-17-18)19(2)27-25(52-39)15-38(46)24-7-6-21-14-22(9-11-36(21,4)23(24)10-12-37(27,38)5)49-35-33(31(44)29(42)26(16-40)50-35)51-34-32(45)30(43)28(41)20(3)48-34/h6,18-20,22-35,40-46H,7-17H2,1-5H3/t18?,19-,20?,22-,23-,24+,25-,26?,27?,28?,29?,30?,31?,32?,33?,34?,35?,36-,37+,38+,39+/m0/s1. The van der Waals surface area contributed by atoms with E-state index in [2.05, 4.69) is 33.8 Å². The molecular weight excluding hydrogens is 676 g/mol. The fraction of sp³-hybridized carbons (Fsp3) is 0.949. The van der Waals surface area contributed by atoms with Crippen molar-refractivity contribution in [1.29, 1.82) is 0 Å². The van der Waals surface area contributed by atoms with Gasteiger partial charge in [0.2, 0.25) is 0 Å². The van der Waals surface area contributed by atoms with Crippen LogP contribution in [0.4, 0.5) is 0 Å². The Morgan fingerprint density at radius 2 is 1.60 bits per heavy atom. The number of aliphatic hydroxyl groups is 7. The molecule has 0 aromatic carbocycles. The highest BCUT2D eigenvalue weighted by atomic mass is 16.8. The van der Waals surface area contributed by atoms with Crippen molar-refractivity contribution in [2.45, 2.75) is 177 Å². The molecule has 4 heterocycles. The molecule has 13 heteroatoms. The summed E-state index contributed by atoms with van der Waals surface area (Å²) in [6, 6.07) is 0. The number of ether oxygens (including phenoxy) is 6. The summed E-state index contributed by atoms with van der Waals surface area (Å²) >= 11 is 0. The van der Waals surface area contributed by atoms with Gasteiger partial charge in [0.15, 0.2) is 18.4 Å². The molecule has 8 aliphatic rings. The maximum atomic E-state index is 12.9. The summed E-state index contributed by atoms with van der Waals surface area (Å²) in [7, 11) is 0. The lowest BCUT2D eigenvalue weighted by molar-refractivity contribution is -0.369. The Balaban J connectivity index is 0.982. The minimum atomic E-state index is -1.63. The minimum Gasteiger partial charge on any atom is -0.394 e. The van der Waals surface area contributed by atoms with E-state index in [0.717, 1.165) is 45.1 Å². The van der Waals surface area contributed by atoms with Crippen molar-refractivity contribution in [2.75, 3.05) is 13.2 Å². The van der Waals surface area contributed by atoms with Crippen molar-refractivity contribution in [3.63, 3.8) is 0 Å².